The minimum absolute atomic E-state index is 0.0876. The zero-order chi connectivity index (χ0) is 16.2. The van der Waals surface area contributed by atoms with E-state index >= 15 is 0 Å². The largest absolute Gasteiger partial charge is 0.369 e. The van der Waals surface area contributed by atoms with Gasteiger partial charge in [-0.3, -0.25) is 9.59 Å². The van der Waals surface area contributed by atoms with Crippen molar-refractivity contribution in [3.8, 4) is 11.3 Å². The van der Waals surface area contributed by atoms with E-state index in [9.17, 15) is 9.59 Å². The number of likely N-dealkylation sites (tertiary alicyclic amines) is 1. The van der Waals surface area contributed by atoms with Crippen LogP contribution in [0.3, 0.4) is 0 Å². The lowest BCUT2D eigenvalue weighted by Gasteiger charge is -2.15. The van der Waals surface area contributed by atoms with Gasteiger partial charge in [0.25, 0.3) is 0 Å². The van der Waals surface area contributed by atoms with Crippen LogP contribution in [0.5, 0.6) is 0 Å². The molecule has 1 aromatic heterocycles. The summed E-state index contributed by atoms with van der Waals surface area (Å²) in [5, 5.41) is 0. The summed E-state index contributed by atoms with van der Waals surface area (Å²) < 4.78 is 0. The Morgan fingerprint density at radius 3 is 2.65 bits per heavy atom. The first kappa shape index (κ1) is 15.3. The minimum atomic E-state index is -0.308. The Labute approximate surface area is 135 Å². The van der Waals surface area contributed by atoms with E-state index in [4.69, 9.17) is 5.73 Å². The maximum absolute atomic E-state index is 12.2. The van der Waals surface area contributed by atoms with Gasteiger partial charge in [-0.2, -0.15) is 0 Å². The number of aromatic nitrogens is 1. The SMILES string of the molecule is NC(=O)[C@H]1CCN(C(=O)CCc2ccc(-c3ccccc3)[nH]2)C1. The average Bonchev–Trinajstić information content (AvgIpc) is 3.23. The van der Waals surface area contributed by atoms with Crippen molar-refractivity contribution in [2.45, 2.75) is 19.3 Å². The van der Waals surface area contributed by atoms with Crippen LogP contribution < -0.4 is 5.73 Å². The minimum Gasteiger partial charge on any atom is -0.369 e. The molecular weight excluding hydrogens is 290 g/mol. The lowest BCUT2D eigenvalue weighted by Crippen LogP contribution is -2.31. The van der Waals surface area contributed by atoms with Crippen LogP contribution in [-0.4, -0.2) is 34.8 Å². The molecule has 1 aliphatic rings. The molecule has 1 saturated heterocycles. The van der Waals surface area contributed by atoms with Gasteiger partial charge >= 0.3 is 0 Å². The summed E-state index contributed by atoms with van der Waals surface area (Å²) in [6, 6.07) is 14.1. The van der Waals surface area contributed by atoms with Crippen molar-refractivity contribution in [1.29, 1.82) is 0 Å². The number of amides is 2. The molecule has 1 atom stereocenters. The number of nitrogens with two attached hydrogens (primary N) is 1. The van der Waals surface area contributed by atoms with Crippen LogP contribution in [0.15, 0.2) is 42.5 Å². The molecule has 3 N–H and O–H groups in total. The first-order valence-electron chi connectivity index (χ1n) is 7.94. The van der Waals surface area contributed by atoms with Crippen molar-refractivity contribution in [2.24, 2.45) is 11.7 Å². The number of benzene rings is 1. The van der Waals surface area contributed by atoms with Gasteiger partial charge < -0.3 is 15.6 Å². The fraction of sp³-hybridized carbons (Fsp3) is 0.333. The molecule has 1 aliphatic heterocycles. The summed E-state index contributed by atoms with van der Waals surface area (Å²) in [4.78, 5) is 28.5. The van der Waals surface area contributed by atoms with Crippen LogP contribution in [0.25, 0.3) is 11.3 Å². The maximum Gasteiger partial charge on any atom is 0.222 e. The number of hydrogen-bond acceptors (Lipinski definition) is 2. The van der Waals surface area contributed by atoms with Crippen LogP contribution in [0, 0.1) is 5.92 Å². The molecule has 0 radical (unpaired) electrons. The van der Waals surface area contributed by atoms with E-state index < -0.39 is 0 Å². The molecule has 23 heavy (non-hydrogen) atoms. The zero-order valence-corrected chi connectivity index (χ0v) is 13.0. The number of H-pyrrole nitrogens is 1. The molecular formula is C18H21N3O2. The van der Waals surface area contributed by atoms with Crippen LogP contribution >= 0.6 is 0 Å². The Hall–Kier alpha value is -2.56. The molecule has 3 rings (SSSR count). The molecule has 0 bridgehead atoms. The average molecular weight is 311 g/mol. The summed E-state index contributed by atoms with van der Waals surface area (Å²) in [5.74, 6) is -0.407. The Balaban J connectivity index is 1.54. The summed E-state index contributed by atoms with van der Waals surface area (Å²) in [7, 11) is 0. The van der Waals surface area contributed by atoms with E-state index in [0.717, 1.165) is 17.0 Å². The fourth-order valence-corrected chi connectivity index (χ4v) is 2.99. The zero-order valence-electron chi connectivity index (χ0n) is 13.0. The van der Waals surface area contributed by atoms with Gasteiger partial charge in [0.2, 0.25) is 11.8 Å². The van der Waals surface area contributed by atoms with Gasteiger partial charge in [0, 0.05) is 30.9 Å². The van der Waals surface area contributed by atoms with Crippen molar-refractivity contribution in [3.05, 3.63) is 48.2 Å². The number of nitrogens with one attached hydrogen (secondary N) is 1. The monoisotopic (exact) mass is 311 g/mol. The third-order valence-electron chi connectivity index (χ3n) is 4.38. The molecule has 0 saturated carbocycles. The second kappa shape index (κ2) is 6.69. The molecule has 2 aromatic rings. The molecule has 0 unspecified atom stereocenters. The topological polar surface area (TPSA) is 79.2 Å². The lowest BCUT2D eigenvalue weighted by atomic mass is 10.1. The van der Waals surface area contributed by atoms with E-state index in [-0.39, 0.29) is 17.7 Å². The Bertz CT molecular complexity index is 693. The van der Waals surface area contributed by atoms with Crippen molar-refractivity contribution < 1.29 is 9.59 Å². The number of carbonyl (C=O) groups excluding carboxylic acids is 2. The second-order valence-corrected chi connectivity index (χ2v) is 5.99. The molecule has 5 nitrogen and oxygen atoms in total. The first-order valence-corrected chi connectivity index (χ1v) is 7.94. The first-order chi connectivity index (χ1) is 11.1. The Kier molecular flexibility index (Phi) is 4.46. The molecule has 0 spiro atoms. The molecule has 2 heterocycles. The van der Waals surface area contributed by atoms with Gasteiger partial charge in [-0.05, 0) is 30.5 Å². The van der Waals surface area contributed by atoms with Crippen LogP contribution in [0.2, 0.25) is 0 Å². The summed E-state index contributed by atoms with van der Waals surface area (Å²) >= 11 is 0. The number of hydrogen-bond donors (Lipinski definition) is 2. The van der Waals surface area contributed by atoms with Gasteiger partial charge in [0.15, 0.2) is 0 Å². The normalized spacial score (nSPS) is 17.4. The van der Waals surface area contributed by atoms with Gasteiger partial charge in [-0.15, -0.1) is 0 Å². The van der Waals surface area contributed by atoms with Crippen molar-refractivity contribution in [2.75, 3.05) is 13.1 Å². The summed E-state index contributed by atoms with van der Waals surface area (Å²) in [6.45, 7) is 1.10. The third-order valence-corrected chi connectivity index (χ3v) is 4.38. The summed E-state index contributed by atoms with van der Waals surface area (Å²) in [5.41, 5.74) is 8.54. The molecule has 120 valence electrons. The summed E-state index contributed by atoms with van der Waals surface area (Å²) in [6.07, 6.45) is 1.80. The number of nitrogens with zero attached hydrogens (tertiary/aromatic N) is 1. The standard InChI is InChI=1S/C18H21N3O2/c19-18(23)14-10-11-21(12-14)17(22)9-7-15-6-8-16(20-15)13-4-2-1-3-5-13/h1-6,8,14,20H,7,9-12H2,(H2,19,23)/t14-/m0/s1. The highest BCUT2D eigenvalue weighted by molar-refractivity contribution is 5.81. The molecule has 1 aromatic carbocycles. The molecule has 0 aliphatic carbocycles. The van der Waals surface area contributed by atoms with Crippen molar-refractivity contribution >= 4 is 11.8 Å². The van der Waals surface area contributed by atoms with Gasteiger partial charge in [0.05, 0.1) is 5.92 Å². The third kappa shape index (κ3) is 3.62. The van der Waals surface area contributed by atoms with E-state index in [0.29, 0.717) is 32.4 Å². The Morgan fingerprint density at radius 2 is 1.96 bits per heavy atom. The molecule has 1 fully saturated rings. The van der Waals surface area contributed by atoms with E-state index in [1.807, 2.05) is 30.3 Å². The smallest absolute Gasteiger partial charge is 0.222 e. The van der Waals surface area contributed by atoms with Crippen LogP contribution in [-0.2, 0) is 16.0 Å². The number of primary amides is 1. The predicted octanol–water partition coefficient (Wildman–Crippen LogP) is 1.95. The highest BCUT2D eigenvalue weighted by atomic mass is 16.2. The van der Waals surface area contributed by atoms with Gasteiger partial charge in [0.1, 0.15) is 0 Å². The van der Waals surface area contributed by atoms with Gasteiger partial charge in [-0.25, -0.2) is 0 Å². The van der Waals surface area contributed by atoms with Crippen LogP contribution in [0.4, 0.5) is 0 Å². The van der Waals surface area contributed by atoms with E-state index in [1.165, 1.54) is 0 Å². The number of carbonyl (C=O) groups is 2. The number of rotatable bonds is 5. The van der Waals surface area contributed by atoms with E-state index in [1.54, 1.807) is 4.90 Å². The highest BCUT2D eigenvalue weighted by Crippen LogP contribution is 2.20. The lowest BCUT2D eigenvalue weighted by molar-refractivity contribution is -0.130. The molecule has 2 amide bonds. The predicted molar refractivity (Wildman–Crippen MR) is 88.4 cm³/mol. The van der Waals surface area contributed by atoms with E-state index in [2.05, 4.69) is 17.1 Å². The van der Waals surface area contributed by atoms with Gasteiger partial charge in [-0.1, -0.05) is 30.3 Å². The molecule has 5 heteroatoms. The van der Waals surface area contributed by atoms with Crippen molar-refractivity contribution in [3.63, 3.8) is 0 Å². The number of aromatic amines is 1. The fourth-order valence-electron chi connectivity index (χ4n) is 2.99. The van der Waals surface area contributed by atoms with Crippen LogP contribution in [0.1, 0.15) is 18.5 Å². The van der Waals surface area contributed by atoms with Crippen molar-refractivity contribution in [1.82, 2.24) is 9.88 Å². The Morgan fingerprint density at radius 1 is 1.17 bits per heavy atom. The quantitative estimate of drug-likeness (QED) is 0.885. The maximum atomic E-state index is 12.2. The highest BCUT2D eigenvalue weighted by Gasteiger charge is 2.29. The second-order valence-electron chi connectivity index (χ2n) is 5.99. The number of aryl methyl sites for hydroxylation is 1.